The van der Waals surface area contributed by atoms with E-state index in [-0.39, 0.29) is 26.4 Å². The molecule has 2 aromatic rings. The summed E-state index contributed by atoms with van der Waals surface area (Å²) in [6.45, 7) is 9.54. The highest BCUT2D eigenvalue weighted by molar-refractivity contribution is 5.68. The molecule has 6 unspecified atom stereocenters. The second-order valence-corrected chi connectivity index (χ2v) is 16.4. The molecule has 5 rings (SSSR count). The minimum Gasteiger partial charge on any atom is -0.463 e. The SMILES string of the molecule is CO[C@@H]1OC(CO[C@@H]2OC(COC(C)=O)[C@H](OC(C)=O)[C@H](OC(C)=O)C2C)[C@H](O[C@@H]2OC(COC(C)=O)[C@H](OC(C)=O)[C@H](OC(C)=O)C2C)[C@@H](OCc2ccccc2)C1OCc1ccccc1. The van der Waals surface area contributed by atoms with Crippen molar-refractivity contribution in [1.82, 2.24) is 0 Å². The lowest BCUT2D eigenvalue weighted by atomic mass is 9.91. The van der Waals surface area contributed by atoms with E-state index in [1.54, 1.807) is 13.8 Å². The van der Waals surface area contributed by atoms with E-state index < -0.39 is 134 Å². The number of rotatable bonds is 20. The summed E-state index contributed by atoms with van der Waals surface area (Å²) in [6.07, 6.45) is -14.9. The van der Waals surface area contributed by atoms with Crippen molar-refractivity contribution < 1.29 is 95.1 Å². The van der Waals surface area contributed by atoms with Crippen molar-refractivity contribution in [3.05, 3.63) is 71.8 Å². The van der Waals surface area contributed by atoms with Crippen LogP contribution in [0.25, 0.3) is 0 Å². The van der Waals surface area contributed by atoms with Crippen LogP contribution in [0.15, 0.2) is 60.7 Å². The van der Waals surface area contributed by atoms with Gasteiger partial charge in [-0.1, -0.05) is 74.5 Å². The molecule has 3 saturated heterocycles. The van der Waals surface area contributed by atoms with E-state index in [4.69, 9.17) is 66.3 Å². The van der Waals surface area contributed by atoms with E-state index in [0.717, 1.165) is 11.1 Å². The van der Waals surface area contributed by atoms with Crippen LogP contribution >= 0.6 is 0 Å². The molecule has 0 N–H and O–H groups in total. The van der Waals surface area contributed by atoms with E-state index in [1.165, 1.54) is 48.7 Å². The molecule has 3 fully saturated rings. The smallest absolute Gasteiger partial charge is 0.303 e. The topological polar surface area (TPSA) is 232 Å². The normalized spacial score (nSPS) is 31.7. The highest BCUT2D eigenvalue weighted by Crippen LogP contribution is 2.38. The Bertz CT molecular complexity index is 1930. The lowest BCUT2D eigenvalue weighted by Crippen LogP contribution is -2.65. The van der Waals surface area contributed by atoms with Gasteiger partial charge >= 0.3 is 35.8 Å². The van der Waals surface area contributed by atoms with Gasteiger partial charge in [-0.05, 0) is 11.1 Å². The predicted octanol–water partition coefficient (Wildman–Crippen LogP) is 3.51. The van der Waals surface area contributed by atoms with Crippen LogP contribution in [0.4, 0.5) is 0 Å². The van der Waals surface area contributed by atoms with Crippen molar-refractivity contribution in [1.29, 1.82) is 0 Å². The molecule has 3 aliphatic heterocycles. The van der Waals surface area contributed by atoms with E-state index in [9.17, 15) is 28.8 Å². The molecule has 0 saturated carbocycles. The molecule has 0 amide bonds. The quantitative estimate of drug-likeness (QED) is 0.137. The van der Waals surface area contributed by atoms with Gasteiger partial charge in [0.1, 0.15) is 62.0 Å². The second-order valence-electron chi connectivity index (χ2n) is 16.4. The minimum absolute atomic E-state index is 0.0591. The van der Waals surface area contributed by atoms with Crippen LogP contribution in [0.2, 0.25) is 0 Å². The summed E-state index contributed by atoms with van der Waals surface area (Å²) in [4.78, 5) is 73.7. The van der Waals surface area contributed by atoms with Crippen molar-refractivity contribution in [3.63, 3.8) is 0 Å². The number of hydrogen-bond acceptors (Lipinski definition) is 20. The monoisotopic (exact) mass is 946 g/mol. The third-order valence-electron chi connectivity index (χ3n) is 11.1. The molecular weight excluding hydrogens is 884 g/mol. The molecule has 15 atom stereocenters. The summed E-state index contributed by atoms with van der Waals surface area (Å²) in [7, 11) is 1.44. The molecule has 370 valence electrons. The van der Waals surface area contributed by atoms with Crippen molar-refractivity contribution >= 4 is 35.8 Å². The largest absolute Gasteiger partial charge is 0.463 e. The molecule has 3 heterocycles. The summed E-state index contributed by atoms with van der Waals surface area (Å²) in [5, 5.41) is 0. The number of carbonyl (C=O) groups is 6. The molecule has 0 bridgehead atoms. The molecule has 67 heavy (non-hydrogen) atoms. The Morgan fingerprint density at radius 1 is 0.433 bits per heavy atom. The molecule has 3 aliphatic rings. The van der Waals surface area contributed by atoms with Crippen LogP contribution < -0.4 is 0 Å². The average molecular weight is 947 g/mol. The molecule has 0 aromatic heterocycles. The van der Waals surface area contributed by atoms with Gasteiger partial charge in [-0.3, -0.25) is 28.8 Å². The highest BCUT2D eigenvalue weighted by Gasteiger charge is 2.55. The van der Waals surface area contributed by atoms with Gasteiger partial charge in [-0.25, -0.2) is 0 Å². The van der Waals surface area contributed by atoms with Gasteiger partial charge < -0.3 is 66.3 Å². The summed E-state index contributed by atoms with van der Waals surface area (Å²) < 4.78 is 85.4. The van der Waals surface area contributed by atoms with Gasteiger partial charge in [0.2, 0.25) is 0 Å². The number of ether oxygens (including phenoxy) is 14. The van der Waals surface area contributed by atoms with Gasteiger partial charge in [0, 0.05) is 60.5 Å². The number of carbonyl (C=O) groups excluding carboxylic acids is 6. The zero-order valence-electron chi connectivity index (χ0n) is 39.1. The van der Waals surface area contributed by atoms with E-state index in [0.29, 0.717) is 0 Å². The molecule has 20 heteroatoms. The zero-order valence-corrected chi connectivity index (χ0v) is 39.1. The highest BCUT2D eigenvalue weighted by atomic mass is 16.8. The molecule has 20 nitrogen and oxygen atoms in total. The molecule has 0 spiro atoms. The molecule has 0 aliphatic carbocycles. The maximum absolute atomic E-state index is 12.6. The van der Waals surface area contributed by atoms with Gasteiger partial charge in [0.25, 0.3) is 0 Å². The van der Waals surface area contributed by atoms with Crippen molar-refractivity contribution in [2.45, 2.75) is 149 Å². The molecular formula is C47H62O20. The molecule has 0 radical (unpaired) electrons. The number of benzene rings is 2. The van der Waals surface area contributed by atoms with Crippen LogP contribution in [0, 0.1) is 11.8 Å². The average Bonchev–Trinajstić information content (AvgIpc) is 3.27. The van der Waals surface area contributed by atoms with Crippen LogP contribution in [0.1, 0.15) is 66.5 Å². The number of esters is 6. The predicted molar refractivity (Wildman–Crippen MR) is 228 cm³/mol. The Balaban J connectivity index is 1.56. The fourth-order valence-corrected chi connectivity index (χ4v) is 8.10. The van der Waals surface area contributed by atoms with E-state index in [1.807, 2.05) is 60.7 Å². The Labute approximate surface area is 389 Å². The maximum atomic E-state index is 12.6. The van der Waals surface area contributed by atoms with Crippen molar-refractivity contribution in [2.24, 2.45) is 11.8 Å². The van der Waals surface area contributed by atoms with Crippen LogP contribution in [-0.4, -0.2) is 143 Å². The first-order valence-electron chi connectivity index (χ1n) is 22.0. The first kappa shape index (κ1) is 52.9. The van der Waals surface area contributed by atoms with Crippen LogP contribution in [0.3, 0.4) is 0 Å². The Morgan fingerprint density at radius 3 is 1.25 bits per heavy atom. The van der Waals surface area contributed by atoms with Gasteiger partial charge in [0.05, 0.1) is 19.8 Å². The minimum atomic E-state index is -1.29. The standard InChI is InChI=1S/C47H62O20/c1-25-38(60-29(5)50)40(62-31(7)52)35(22-55-27(3)48)64-45(25)59-24-37-42(67-46-26(2)39(61-30(6)51)41(63-32(8)53)36(65-46)23-56-28(4)49)43(57-20-33-16-12-10-13-17-33)44(47(54-9)66-37)58-21-34-18-14-11-15-19-34/h10-19,25-26,35-47H,20-24H2,1-9H3/t25?,26?,35?,36?,37?,38-,39-,40+,41+,42+,43-,44?,45-,46+,47-/m1/s1. The van der Waals surface area contributed by atoms with Gasteiger partial charge in [-0.15, -0.1) is 0 Å². The summed E-state index contributed by atoms with van der Waals surface area (Å²) in [5.41, 5.74) is 1.64. The fraction of sp³-hybridized carbons (Fsp3) is 0.617. The fourth-order valence-electron chi connectivity index (χ4n) is 8.10. The molecule has 2 aromatic carbocycles. The van der Waals surface area contributed by atoms with E-state index in [2.05, 4.69) is 0 Å². The van der Waals surface area contributed by atoms with E-state index >= 15 is 0 Å². The summed E-state index contributed by atoms with van der Waals surface area (Å²) in [5.74, 6) is -5.69. The number of hydrogen-bond donors (Lipinski definition) is 0. The third kappa shape index (κ3) is 15.2. The summed E-state index contributed by atoms with van der Waals surface area (Å²) >= 11 is 0. The van der Waals surface area contributed by atoms with Crippen LogP contribution in [-0.2, 0) is 108 Å². The first-order chi connectivity index (χ1) is 31.9. The Hall–Kier alpha value is -5.06. The van der Waals surface area contributed by atoms with Crippen molar-refractivity contribution in [3.8, 4) is 0 Å². The lowest BCUT2D eigenvalue weighted by Gasteiger charge is -2.49. The third-order valence-corrected chi connectivity index (χ3v) is 11.1. The lowest BCUT2D eigenvalue weighted by molar-refractivity contribution is -0.367. The Morgan fingerprint density at radius 2 is 0.821 bits per heavy atom. The van der Waals surface area contributed by atoms with Gasteiger partial charge in [0.15, 0.2) is 31.1 Å². The summed E-state index contributed by atoms with van der Waals surface area (Å²) in [6, 6.07) is 18.7. The van der Waals surface area contributed by atoms with Crippen LogP contribution in [0.5, 0.6) is 0 Å². The van der Waals surface area contributed by atoms with Gasteiger partial charge in [-0.2, -0.15) is 0 Å². The second kappa shape index (κ2) is 25.3. The first-order valence-corrected chi connectivity index (χ1v) is 22.0. The zero-order chi connectivity index (χ0) is 48.8. The van der Waals surface area contributed by atoms with Crippen molar-refractivity contribution in [2.75, 3.05) is 26.9 Å². The maximum Gasteiger partial charge on any atom is 0.303 e. The number of methoxy groups -OCH3 is 1. The Kier molecular flexibility index (Phi) is 20.0.